The lowest BCUT2D eigenvalue weighted by molar-refractivity contribution is -0.407. The molecule has 1 aromatic rings. The van der Waals surface area contributed by atoms with Gasteiger partial charge in [-0.3, -0.25) is 4.79 Å². The van der Waals surface area contributed by atoms with Crippen molar-refractivity contribution in [1.82, 2.24) is 4.90 Å². The van der Waals surface area contributed by atoms with Gasteiger partial charge in [-0.05, 0) is 30.5 Å². The predicted octanol–water partition coefficient (Wildman–Crippen LogP) is 3.70. The molecule has 0 bridgehead atoms. The Morgan fingerprint density at radius 1 is 1.22 bits per heavy atom. The number of hydrogen-bond donors (Lipinski definition) is 0. The molecule has 0 spiro atoms. The van der Waals surface area contributed by atoms with Crippen molar-refractivity contribution in [1.29, 1.82) is 0 Å². The van der Waals surface area contributed by atoms with Crippen LogP contribution >= 0.6 is 35.0 Å². The lowest BCUT2D eigenvalue weighted by Gasteiger charge is -2.26. The molecule has 1 aromatic carbocycles. The van der Waals surface area contributed by atoms with Gasteiger partial charge in [0.15, 0.2) is 5.92 Å². The number of fused-ring (bicyclic) bond motifs is 1. The standard InChI is InChI=1S/C18H17Cl2N4O2S/c1-23-15-13(17(25)24(2)18(23)26)16(22-14(21-15)10-4-5-10)27-8-9-3-6-11(19)12(20)7-9/h3,6-7,10,13H,4-5,8H2,1-2H3/q+1. The first kappa shape index (κ1) is 18.7. The average Bonchev–Trinajstić information content (AvgIpc) is 3.50. The van der Waals surface area contributed by atoms with Crippen LogP contribution in [0.25, 0.3) is 0 Å². The summed E-state index contributed by atoms with van der Waals surface area (Å²) in [6.07, 6.45) is 2.08. The molecule has 2 aliphatic heterocycles. The maximum atomic E-state index is 12.8. The normalized spacial score (nSPS) is 22.7. The van der Waals surface area contributed by atoms with Crippen molar-refractivity contribution in [2.24, 2.45) is 21.8 Å². The molecule has 0 radical (unpaired) electrons. The molecule has 4 rings (SSSR count). The van der Waals surface area contributed by atoms with E-state index in [1.54, 1.807) is 13.1 Å². The number of urea groups is 1. The van der Waals surface area contributed by atoms with E-state index in [9.17, 15) is 9.59 Å². The second kappa shape index (κ2) is 7.04. The van der Waals surface area contributed by atoms with Gasteiger partial charge in [0.2, 0.25) is 5.84 Å². The number of imide groups is 1. The number of thioether (sulfide) groups is 1. The number of aliphatic imine (C=N–C) groups is 2. The van der Waals surface area contributed by atoms with Gasteiger partial charge in [-0.1, -0.05) is 34.3 Å². The van der Waals surface area contributed by atoms with Crippen molar-refractivity contribution in [2.75, 3.05) is 14.1 Å². The highest BCUT2D eigenvalue weighted by molar-refractivity contribution is 8.13. The molecule has 0 N–H and O–H groups in total. The molecule has 140 valence electrons. The van der Waals surface area contributed by atoms with Crippen LogP contribution in [0.2, 0.25) is 10.0 Å². The molecular weight excluding hydrogens is 407 g/mol. The van der Waals surface area contributed by atoms with Gasteiger partial charge in [0.1, 0.15) is 5.04 Å². The fraction of sp³-hybridized carbons (Fsp3) is 0.389. The SMILES string of the molecule is CN1C(=O)C2C(SCc3ccc(Cl)c(Cl)c3)=NC(C3CC3)=NC2=[N+](C)C1=O. The molecule has 27 heavy (non-hydrogen) atoms. The summed E-state index contributed by atoms with van der Waals surface area (Å²) in [5.41, 5.74) is 0.982. The summed E-state index contributed by atoms with van der Waals surface area (Å²) in [5.74, 6) is 1.15. The van der Waals surface area contributed by atoms with Crippen molar-refractivity contribution < 1.29 is 14.2 Å². The van der Waals surface area contributed by atoms with E-state index >= 15 is 0 Å². The molecule has 2 heterocycles. The number of hydrogen-bond acceptors (Lipinski definition) is 5. The van der Waals surface area contributed by atoms with Crippen LogP contribution in [-0.4, -0.2) is 52.2 Å². The zero-order valence-electron chi connectivity index (χ0n) is 14.8. The van der Waals surface area contributed by atoms with Crippen molar-refractivity contribution in [3.63, 3.8) is 0 Å². The number of amidine groups is 2. The minimum atomic E-state index is -0.645. The van der Waals surface area contributed by atoms with Crippen LogP contribution in [0.3, 0.4) is 0 Å². The van der Waals surface area contributed by atoms with E-state index in [2.05, 4.69) is 4.99 Å². The summed E-state index contributed by atoms with van der Waals surface area (Å²) >= 11 is 13.5. The van der Waals surface area contributed by atoms with Crippen LogP contribution < -0.4 is 0 Å². The maximum Gasteiger partial charge on any atom is 0.445 e. The van der Waals surface area contributed by atoms with Crippen LogP contribution in [0.1, 0.15) is 18.4 Å². The zero-order valence-corrected chi connectivity index (χ0v) is 17.1. The number of benzene rings is 1. The second-order valence-electron chi connectivity index (χ2n) is 6.76. The van der Waals surface area contributed by atoms with E-state index in [1.165, 1.54) is 23.4 Å². The number of nitrogens with zero attached hydrogens (tertiary/aromatic N) is 4. The summed E-state index contributed by atoms with van der Waals surface area (Å²) in [7, 11) is 3.13. The van der Waals surface area contributed by atoms with Gasteiger partial charge in [-0.2, -0.15) is 9.48 Å². The smallest absolute Gasteiger partial charge is 0.255 e. The van der Waals surface area contributed by atoms with E-state index in [0.717, 1.165) is 29.1 Å². The minimum absolute atomic E-state index is 0.299. The van der Waals surface area contributed by atoms with Crippen LogP contribution in [0, 0.1) is 11.8 Å². The van der Waals surface area contributed by atoms with Crippen LogP contribution in [-0.2, 0) is 10.5 Å². The fourth-order valence-electron chi connectivity index (χ4n) is 3.02. The van der Waals surface area contributed by atoms with E-state index in [-0.39, 0.29) is 11.9 Å². The Labute approximate surface area is 171 Å². The molecule has 3 aliphatic rings. The zero-order chi connectivity index (χ0) is 19.3. The van der Waals surface area contributed by atoms with E-state index < -0.39 is 5.92 Å². The highest BCUT2D eigenvalue weighted by atomic mass is 35.5. The molecule has 1 saturated carbocycles. The summed E-state index contributed by atoms with van der Waals surface area (Å²) in [6.45, 7) is 0. The van der Waals surface area contributed by atoms with Gasteiger partial charge < -0.3 is 0 Å². The van der Waals surface area contributed by atoms with Gasteiger partial charge in [-0.15, -0.1) is 11.8 Å². The molecule has 0 aromatic heterocycles. The first-order valence-electron chi connectivity index (χ1n) is 8.53. The molecule has 1 fully saturated rings. The van der Waals surface area contributed by atoms with E-state index in [1.807, 2.05) is 12.1 Å². The largest absolute Gasteiger partial charge is 0.445 e. The average molecular weight is 424 g/mol. The summed E-state index contributed by atoms with van der Waals surface area (Å²) in [4.78, 5) is 35.5. The number of halogens is 2. The molecule has 9 heteroatoms. The number of carbonyl (C=O) groups is 2. The van der Waals surface area contributed by atoms with E-state index in [0.29, 0.717) is 32.6 Å². The van der Waals surface area contributed by atoms with Gasteiger partial charge >= 0.3 is 11.9 Å². The monoisotopic (exact) mass is 423 g/mol. The highest BCUT2D eigenvalue weighted by Gasteiger charge is 2.50. The van der Waals surface area contributed by atoms with Gasteiger partial charge in [0.25, 0.3) is 5.84 Å². The third kappa shape index (κ3) is 3.44. The van der Waals surface area contributed by atoms with Crippen LogP contribution in [0.5, 0.6) is 0 Å². The number of rotatable bonds is 3. The lowest BCUT2D eigenvalue weighted by atomic mass is 10.0. The second-order valence-corrected chi connectivity index (χ2v) is 8.57. The lowest BCUT2D eigenvalue weighted by Crippen LogP contribution is -2.54. The highest BCUT2D eigenvalue weighted by Crippen LogP contribution is 2.36. The summed E-state index contributed by atoms with van der Waals surface area (Å²) in [5, 5.41) is 1.67. The quantitative estimate of drug-likeness (QED) is 0.696. The third-order valence-electron chi connectivity index (χ3n) is 4.77. The van der Waals surface area contributed by atoms with Crippen molar-refractivity contribution in [3.05, 3.63) is 33.8 Å². The summed E-state index contributed by atoms with van der Waals surface area (Å²) in [6, 6.07) is 5.09. The Morgan fingerprint density at radius 2 is 1.96 bits per heavy atom. The topological polar surface area (TPSA) is 65.1 Å². The molecule has 6 nitrogen and oxygen atoms in total. The van der Waals surface area contributed by atoms with Crippen molar-refractivity contribution in [3.8, 4) is 0 Å². The number of carbonyl (C=O) groups excluding carboxylic acids is 2. The van der Waals surface area contributed by atoms with Crippen molar-refractivity contribution in [2.45, 2.75) is 18.6 Å². The predicted molar refractivity (Wildman–Crippen MR) is 108 cm³/mol. The molecule has 1 atom stereocenters. The Balaban J connectivity index is 1.67. The Bertz CT molecular complexity index is 953. The van der Waals surface area contributed by atoms with Crippen molar-refractivity contribution >= 4 is 63.6 Å². The Hall–Kier alpha value is -1.70. The molecular formula is C18H17Cl2N4O2S+. The number of amides is 3. The van der Waals surface area contributed by atoms with Crippen LogP contribution in [0.4, 0.5) is 4.79 Å². The first-order chi connectivity index (χ1) is 12.9. The minimum Gasteiger partial charge on any atom is -0.255 e. The molecule has 0 saturated heterocycles. The fourth-order valence-corrected chi connectivity index (χ4v) is 4.36. The molecule has 3 amide bonds. The van der Waals surface area contributed by atoms with Crippen LogP contribution in [0.15, 0.2) is 28.2 Å². The molecule has 1 unspecified atom stereocenters. The summed E-state index contributed by atoms with van der Waals surface area (Å²) < 4.78 is 1.45. The maximum absolute atomic E-state index is 12.8. The third-order valence-corrected chi connectivity index (χ3v) is 6.61. The van der Waals surface area contributed by atoms with Gasteiger partial charge in [0.05, 0.1) is 24.1 Å². The van der Waals surface area contributed by atoms with Gasteiger partial charge in [0, 0.05) is 11.7 Å². The van der Waals surface area contributed by atoms with Gasteiger partial charge in [-0.25, -0.2) is 9.79 Å². The molecule has 1 aliphatic carbocycles. The first-order valence-corrected chi connectivity index (χ1v) is 10.3. The Morgan fingerprint density at radius 3 is 2.63 bits per heavy atom. The Kier molecular flexibility index (Phi) is 4.86. The van der Waals surface area contributed by atoms with E-state index in [4.69, 9.17) is 28.2 Å².